The summed E-state index contributed by atoms with van der Waals surface area (Å²) in [5.41, 5.74) is 3.13. The number of rotatable bonds is 9. The number of benzene rings is 3. The lowest BCUT2D eigenvalue weighted by atomic mass is 9.90. The van der Waals surface area contributed by atoms with Crippen LogP contribution in [0.3, 0.4) is 0 Å². The Labute approximate surface area is 200 Å². The molecule has 0 radical (unpaired) electrons. The number of methoxy groups -OCH3 is 2. The van der Waals surface area contributed by atoms with E-state index in [-0.39, 0.29) is 12.0 Å². The molecule has 1 fully saturated rings. The Bertz CT molecular complexity index is 1050. The third-order valence-corrected chi connectivity index (χ3v) is 6.43. The van der Waals surface area contributed by atoms with Gasteiger partial charge in [0.2, 0.25) is 0 Å². The molecular formula is C28H31NO5. The zero-order valence-electron chi connectivity index (χ0n) is 19.6. The van der Waals surface area contributed by atoms with Crippen molar-refractivity contribution in [2.75, 3.05) is 27.3 Å². The van der Waals surface area contributed by atoms with E-state index in [1.165, 1.54) is 0 Å². The van der Waals surface area contributed by atoms with Crippen LogP contribution in [-0.2, 0) is 11.4 Å². The molecule has 1 aliphatic rings. The van der Waals surface area contributed by atoms with Crippen molar-refractivity contribution >= 4 is 5.97 Å². The number of nitrogens with zero attached hydrogens (tertiary/aromatic N) is 1. The number of piperidine rings is 1. The molecule has 1 unspecified atom stereocenters. The van der Waals surface area contributed by atoms with Crippen molar-refractivity contribution in [3.8, 4) is 17.2 Å². The molecule has 4 rings (SSSR count). The maximum absolute atomic E-state index is 11.5. The topological polar surface area (TPSA) is 68.2 Å². The summed E-state index contributed by atoms with van der Waals surface area (Å²) in [7, 11) is 3.32. The van der Waals surface area contributed by atoms with E-state index < -0.39 is 5.97 Å². The van der Waals surface area contributed by atoms with Gasteiger partial charge in [0.25, 0.3) is 0 Å². The van der Waals surface area contributed by atoms with Gasteiger partial charge in [-0.3, -0.25) is 9.69 Å². The van der Waals surface area contributed by atoms with E-state index in [1.807, 2.05) is 60.7 Å². The van der Waals surface area contributed by atoms with Gasteiger partial charge in [0.15, 0.2) is 0 Å². The largest absolute Gasteiger partial charge is 0.496 e. The summed E-state index contributed by atoms with van der Waals surface area (Å²) in [6.07, 6.45) is 1.23. The average Bonchev–Trinajstić information content (AvgIpc) is 2.89. The SMILES string of the molecule is COc1cccc(OC)c1C(c1ccc(OCc2ccccc2)cc1)N1CCC(C(=O)O)CC1. The fourth-order valence-corrected chi connectivity index (χ4v) is 4.60. The minimum absolute atomic E-state index is 0.135. The second-order valence-electron chi connectivity index (χ2n) is 8.47. The molecule has 0 amide bonds. The number of hydrogen-bond acceptors (Lipinski definition) is 5. The molecule has 0 spiro atoms. The van der Waals surface area contributed by atoms with Crippen molar-refractivity contribution in [3.05, 3.63) is 89.5 Å². The Morgan fingerprint density at radius 2 is 1.53 bits per heavy atom. The van der Waals surface area contributed by atoms with Gasteiger partial charge >= 0.3 is 5.97 Å². The summed E-state index contributed by atoms with van der Waals surface area (Å²) < 4.78 is 17.4. The van der Waals surface area contributed by atoms with E-state index in [0.717, 1.165) is 33.9 Å². The molecule has 1 N–H and O–H groups in total. The molecule has 1 atom stereocenters. The molecule has 0 bridgehead atoms. The van der Waals surface area contributed by atoms with Crippen LogP contribution >= 0.6 is 0 Å². The van der Waals surface area contributed by atoms with Gasteiger partial charge in [0, 0.05) is 0 Å². The standard InChI is InChI=1S/C28H31NO5/c1-32-24-9-6-10-25(33-2)26(24)27(29-17-15-22(16-18-29)28(30)31)21-11-13-23(14-12-21)34-19-20-7-4-3-5-8-20/h3-14,22,27H,15-19H2,1-2H3,(H,30,31). The Kier molecular flexibility index (Phi) is 7.70. The molecule has 0 aromatic heterocycles. The van der Waals surface area contributed by atoms with Crippen molar-refractivity contribution in [3.63, 3.8) is 0 Å². The van der Waals surface area contributed by atoms with E-state index in [4.69, 9.17) is 14.2 Å². The van der Waals surface area contributed by atoms with Crippen LogP contribution in [0, 0.1) is 5.92 Å². The van der Waals surface area contributed by atoms with Gasteiger partial charge in [-0.25, -0.2) is 0 Å². The minimum atomic E-state index is -0.717. The van der Waals surface area contributed by atoms with Crippen molar-refractivity contribution in [1.82, 2.24) is 4.90 Å². The summed E-state index contributed by atoms with van der Waals surface area (Å²) in [4.78, 5) is 13.8. The van der Waals surface area contributed by atoms with Gasteiger partial charge in [-0.2, -0.15) is 0 Å². The summed E-state index contributed by atoms with van der Waals surface area (Å²) in [5, 5.41) is 9.45. The maximum Gasteiger partial charge on any atom is 0.306 e. The van der Waals surface area contributed by atoms with Crippen LogP contribution in [-0.4, -0.2) is 43.3 Å². The first-order valence-corrected chi connectivity index (χ1v) is 11.5. The fraction of sp³-hybridized carbons (Fsp3) is 0.321. The fourth-order valence-electron chi connectivity index (χ4n) is 4.60. The van der Waals surface area contributed by atoms with Crippen LogP contribution in [0.5, 0.6) is 17.2 Å². The zero-order valence-corrected chi connectivity index (χ0v) is 19.6. The highest BCUT2D eigenvalue weighted by Gasteiger charge is 2.33. The normalized spacial score (nSPS) is 15.5. The molecule has 1 aliphatic heterocycles. The van der Waals surface area contributed by atoms with Crippen LogP contribution < -0.4 is 14.2 Å². The van der Waals surface area contributed by atoms with Crippen LogP contribution in [0.15, 0.2) is 72.8 Å². The molecule has 6 nitrogen and oxygen atoms in total. The zero-order chi connectivity index (χ0) is 23.9. The first-order valence-electron chi connectivity index (χ1n) is 11.5. The highest BCUT2D eigenvalue weighted by Crippen LogP contribution is 2.42. The Balaban J connectivity index is 1.63. The minimum Gasteiger partial charge on any atom is -0.496 e. The van der Waals surface area contributed by atoms with Crippen LogP contribution in [0.2, 0.25) is 0 Å². The molecule has 0 saturated carbocycles. The predicted molar refractivity (Wildman–Crippen MR) is 131 cm³/mol. The van der Waals surface area contributed by atoms with Crippen LogP contribution in [0.25, 0.3) is 0 Å². The molecule has 1 saturated heterocycles. The number of carboxylic acid groups (broad SMARTS) is 1. The lowest BCUT2D eigenvalue weighted by Gasteiger charge is -2.38. The van der Waals surface area contributed by atoms with Crippen molar-refractivity contribution < 1.29 is 24.1 Å². The molecule has 3 aromatic carbocycles. The molecule has 178 valence electrons. The lowest BCUT2D eigenvalue weighted by molar-refractivity contribution is -0.143. The summed E-state index contributed by atoms with van der Waals surface area (Å²) in [6.45, 7) is 1.86. The van der Waals surface area contributed by atoms with Gasteiger partial charge in [0.05, 0.1) is 31.7 Å². The van der Waals surface area contributed by atoms with Crippen molar-refractivity contribution in [2.45, 2.75) is 25.5 Å². The van der Waals surface area contributed by atoms with Gasteiger partial charge in [-0.15, -0.1) is 0 Å². The number of aliphatic carboxylic acids is 1. The van der Waals surface area contributed by atoms with E-state index in [9.17, 15) is 9.90 Å². The van der Waals surface area contributed by atoms with Gasteiger partial charge in [-0.1, -0.05) is 48.5 Å². The first-order chi connectivity index (χ1) is 16.6. The number of hydrogen-bond donors (Lipinski definition) is 1. The highest BCUT2D eigenvalue weighted by atomic mass is 16.5. The Morgan fingerprint density at radius 1 is 0.912 bits per heavy atom. The highest BCUT2D eigenvalue weighted by molar-refractivity contribution is 5.70. The molecule has 34 heavy (non-hydrogen) atoms. The second kappa shape index (κ2) is 11.1. The number of likely N-dealkylation sites (tertiary alicyclic amines) is 1. The third kappa shape index (κ3) is 5.34. The maximum atomic E-state index is 11.5. The molecular weight excluding hydrogens is 430 g/mol. The summed E-state index contributed by atoms with van der Waals surface area (Å²) in [5.74, 6) is 1.27. The first kappa shape index (κ1) is 23.6. The quantitative estimate of drug-likeness (QED) is 0.474. The molecule has 6 heteroatoms. The molecule has 0 aliphatic carbocycles. The second-order valence-corrected chi connectivity index (χ2v) is 8.47. The van der Waals surface area contributed by atoms with E-state index in [0.29, 0.717) is 32.5 Å². The molecule has 1 heterocycles. The van der Waals surface area contributed by atoms with Gasteiger partial charge in [0.1, 0.15) is 23.9 Å². The lowest BCUT2D eigenvalue weighted by Crippen LogP contribution is -2.39. The van der Waals surface area contributed by atoms with Gasteiger partial charge in [-0.05, 0) is 61.3 Å². The summed E-state index contributed by atoms with van der Waals surface area (Å²) in [6, 6.07) is 23.8. The number of carbonyl (C=O) groups is 1. The number of ether oxygens (including phenoxy) is 3. The van der Waals surface area contributed by atoms with Crippen molar-refractivity contribution in [2.24, 2.45) is 5.92 Å². The van der Waals surface area contributed by atoms with Gasteiger partial charge < -0.3 is 19.3 Å². The third-order valence-electron chi connectivity index (χ3n) is 6.43. The average molecular weight is 462 g/mol. The summed E-state index contributed by atoms with van der Waals surface area (Å²) >= 11 is 0. The van der Waals surface area contributed by atoms with Crippen molar-refractivity contribution in [1.29, 1.82) is 0 Å². The van der Waals surface area contributed by atoms with E-state index in [2.05, 4.69) is 17.0 Å². The molecule has 3 aromatic rings. The monoisotopic (exact) mass is 461 g/mol. The van der Waals surface area contributed by atoms with Crippen LogP contribution in [0.4, 0.5) is 0 Å². The predicted octanol–water partition coefficient (Wildman–Crippen LogP) is 5.17. The Hall–Kier alpha value is -3.51. The van der Waals surface area contributed by atoms with Crippen LogP contribution in [0.1, 0.15) is 35.6 Å². The van der Waals surface area contributed by atoms with E-state index >= 15 is 0 Å². The smallest absolute Gasteiger partial charge is 0.306 e. The Morgan fingerprint density at radius 3 is 2.09 bits per heavy atom. The number of carboxylic acids is 1. The van der Waals surface area contributed by atoms with E-state index in [1.54, 1.807) is 14.2 Å².